The van der Waals surface area contributed by atoms with Crippen molar-refractivity contribution in [2.45, 2.75) is 114 Å². The third kappa shape index (κ3) is 4.17. The number of aliphatic hydroxyl groups is 5. The topological polar surface area (TPSA) is 163 Å². The maximum absolute atomic E-state index is 13.5. The molecule has 1 aliphatic heterocycles. The molecule has 4 saturated carbocycles. The SMILES string of the molecule is COC(=O)[C@@H]1O[C@H](OCC(=O)[C@@]2(O)CC[C@H]3[C@@H]4CC[C@H]5C[C@H](O)CC[C@]5(C)[C@H]4CC[C@@]32C)[C@H](O)[C@H](O)[C@@H]1O. The Morgan fingerprint density at radius 1 is 0.895 bits per heavy atom. The number of aliphatic hydroxyl groups excluding tert-OH is 4. The fraction of sp³-hybridized carbons (Fsp3) is 0.929. The summed E-state index contributed by atoms with van der Waals surface area (Å²) in [5, 5.41) is 52.7. The molecule has 0 spiro atoms. The molecule has 38 heavy (non-hydrogen) atoms. The molecular weight excluding hydrogens is 496 g/mol. The fourth-order valence-corrected chi connectivity index (χ4v) is 9.28. The van der Waals surface area contributed by atoms with Crippen LogP contribution in [0.4, 0.5) is 0 Å². The van der Waals surface area contributed by atoms with Gasteiger partial charge in [0.05, 0.1) is 13.2 Å². The van der Waals surface area contributed by atoms with Crippen molar-refractivity contribution in [2.75, 3.05) is 13.7 Å². The van der Waals surface area contributed by atoms with Crippen LogP contribution in [0, 0.1) is 34.5 Å². The lowest BCUT2D eigenvalue weighted by molar-refractivity contribution is -0.293. The van der Waals surface area contributed by atoms with E-state index in [1.165, 1.54) is 0 Å². The highest BCUT2D eigenvalue weighted by molar-refractivity contribution is 5.89. The van der Waals surface area contributed by atoms with Gasteiger partial charge in [-0.2, -0.15) is 0 Å². The van der Waals surface area contributed by atoms with E-state index < -0.39 is 60.1 Å². The molecule has 10 heteroatoms. The Kier molecular flexibility index (Phi) is 7.51. The van der Waals surface area contributed by atoms with Crippen LogP contribution in [0.3, 0.4) is 0 Å². The maximum Gasteiger partial charge on any atom is 0.337 e. The van der Waals surface area contributed by atoms with Gasteiger partial charge < -0.3 is 39.7 Å². The lowest BCUT2D eigenvalue weighted by Crippen LogP contribution is -2.61. The molecule has 0 radical (unpaired) electrons. The first kappa shape index (κ1) is 28.4. The number of hydrogen-bond donors (Lipinski definition) is 5. The number of rotatable bonds is 5. The van der Waals surface area contributed by atoms with Gasteiger partial charge in [-0.25, -0.2) is 4.79 Å². The fourth-order valence-electron chi connectivity index (χ4n) is 9.28. The Morgan fingerprint density at radius 2 is 1.61 bits per heavy atom. The predicted molar refractivity (Wildman–Crippen MR) is 132 cm³/mol. The van der Waals surface area contributed by atoms with Crippen molar-refractivity contribution >= 4 is 11.8 Å². The van der Waals surface area contributed by atoms with Crippen LogP contribution in [0.1, 0.15) is 71.6 Å². The minimum atomic E-state index is -1.74. The first-order chi connectivity index (χ1) is 17.9. The summed E-state index contributed by atoms with van der Waals surface area (Å²) < 4.78 is 15.4. The van der Waals surface area contributed by atoms with Crippen LogP contribution < -0.4 is 0 Å². The number of Topliss-reactive ketones (excluding diaryl/α,β-unsaturated/α-hetero) is 1. The molecule has 216 valence electrons. The molecule has 5 N–H and O–H groups in total. The van der Waals surface area contributed by atoms with E-state index in [2.05, 4.69) is 11.7 Å². The first-order valence-corrected chi connectivity index (χ1v) is 14.2. The van der Waals surface area contributed by atoms with Gasteiger partial charge in [0.2, 0.25) is 0 Å². The lowest BCUT2D eigenvalue weighted by Gasteiger charge is -2.61. The summed E-state index contributed by atoms with van der Waals surface area (Å²) >= 11 is 0. The van der Waals surface area contributed by atoms with Gasteiger partial charge in [-0.1, -0.05) is 13.8 Å². The van der Waals surface area contributed by atoms with Crippen LogP contribution in [0.2, 0.25) is 0 Å². The second kappa shape index (κ2) is 10.0. The molecule has 5 rings (SSSR count). The molecule has 1 heterocycles. The van der Waals surface area contributed by atoms with Gasteiger partial charge in [-0.15, -0.1) is 0 Å². The third-order valence-electron chi connectivity index (χ3n) is 11.6. The van der Waals surface area contributed by atoms with E-state index in [4.69, 9.17) is 9.47 Å². The van der Waals surface area contributed by atoms with Gasteiger partial charge in [0.25, 0.3) is 0 Å². The van der Waals surface area contributed by atoms with Gasteiger partial charge in [-0.05, 0) is 86.9 Å². The van der Waals surface area contributed by atoms with Crippen LogP contribution in [0.25, 0.3) is 0 Å². The van der Waals surface area contributed by atoms with Crippen LogP contribution in [0.15, 0.2) is 0 Å². The second-order valence-electron chi connectivity index (χ2n) is 13.1. The second-order valence-corrected chi connectivity index (χ2v) is 13.1. The highest BCUT2D eigenvalue weighted by atomic mass is 16.7. The van der Waals surface area contributed by atoms with E-state index >= 15 is 0 Å². The Hall–Kier alpha value is -1.14. The van der Waals surface area contributed by atoms with Crippen molar-refractivity contribution in [3.05, 3.63) is 0 Å². The van der Waals surface area contributed by atoms with E-state index in [9.17, 15) is 35.1 Å². The number of hydrogen-bond acceptors (Lipinski definition) is 10. The first-order valence-electron chi connectivity index (χ1n) is 14.2. The standard InChI is InChI=1S/C28H44O10/c1-26-9-6-15(29)12-14(26)4-5-16-17(26)7-10-27(2)18(16)8-11-28(27,35)19(30)13-37-25-22(33)20(31)21(32)23(38-25)24(34)36-3/h14-18,20-23,25,29,31-33,35H,4-13H2,1-3H3/t14-,15+,16+,17-,18-,20+,21-,22+,23+,25-,26-,27-,28-/m0/s1. The van der Waals surface area contributed by atoms with Crippen molar-refractivity contribution in [3.63, 3.8) is 0 Å². The van der Waals surface area contributed by atoms with Crippen molar-refractivity contribution < 1.29 is 49.3 Å². The Morgan fingerprint density at radius 3 is 2.32 bits per heavy atom. The minimum absolute atomic E-state index is 0.188. The molecular formula is C28H44O10. The van der Waals surface area contributed by atoms with Gasteiger partial charge >= 0.3 is 5.97 Å². The number of ketones is 1. The molecule has 0 aromatic carbocycles. The normalized spacial score (nSPS) is 52.4. The number of ether oxygens (including phenoxy) is 3. The van der Waals surface area contributed by atoms with E-state index in [1.807, 2.05) is 6.92 Å². The smallest absolute Gasteiger partial charge is 0.337 e. The van der Waals surface area contributed by atoms with Crippen LogP contribution in [-0.4, -0.2) is 93.4 Å². The molecule has 1 saturated heterocycles. The highest BCUT2D eigenvalue weighted by Crippen LogP contribution is 2.68. The summed E-state index contributed by atoms with van der Waals surface area (Å²) in [6, 6.07) is 0. The van der Waals surface area contributed by atoms with Gasteiger partial charge in [0.1, 0.15) is 30.5 Å². The zero-order valence-corrected chi connectivity index (χ0v) is 22.6. The number of fused-ring (bicyclic) bond motifs is 5. The molecule has 0 bridgehead atoms. The van der Waals surface area contributed by atoms with E-state index in [1.54, 1.807) is 0 Å². The molecule has 5 aliphatic rings. The predicted octanol–water partition coefficient (Wildman–Crippen LogP) is 0.687. The summed E-state index contributed by atoms with van der Waals surface area (Å²) in [7, 11) is 1.10. The summed E-state index contributed by atoms with van der Waals surface area (Å²) in [5.41, 5.74) is -2.02. The van der Waals surface area contributed by atoms with Gasteiger partial charge in [-0.3, -0.25) is 4.79 Å². The Labute approximate surface area is 223 Å². The summed E-state index contributed by atoms with van der Waals surface area (Å²) in [6.07, 6.45) is -0.873. The zero-order chi connectivity index (χ0) is 27.6. The molecule has 10 nitrogen and oxygen atoms in total. The highest BCUT2D eigenvalue weighted by Gasteiger charge is 2.66. The minimum Gasteiger partial charge on any atom is -0.467 e. The van der Waals surface area contributed by atoms with E-state index in [0.29, 0.717) is 24.2 Å². The molecule has 0 aromatic rings. The van der Waals surface area contributed by atoms with Crippen molar-refractivity contribution in [3.8, 4) is 0 Å². The summed E-state index contributed by atoms with van der Waals surface area (Å²) in [6.45, 7) is 3.85. The quantitative estimate of drug-likeness (QED) is 0.314. The van der Waals surface area contributed by atoms with Crippen molar-refractivity contribution in [2.24, 2.45) is 34.5 Å². The number of carbonyl (C=O) groups is 2. The molecule has 13 atom stereocenters. The van der Waals surface area contributed by atoms with Crippen molar-refractivity contribution in [1.29, 1.82) is 0 Å². The van der Waals surface area contributed by atoms with Crippen LogP contribution >= 0.6 is 0 Å². The zero-order valence-electron chi connectivity index (χ0n) is 22.6. The maximum atomic E-state index is 13.5. The largest absolute Gasteiger partial charge is 0.467 e. The Bertz CT molecular complexity index is 927. The Balaban J connectivity index is 1.28. The van der Waals surface area contributed by atoms with Crippen LogP contribution in [0.5, 0.6) is 0 Å². The molecule has 0 aromatic heterocycles. The van der Waals surface area contributed by atoms with Crippen LogP contribution in [-0.2, 0) is 23.8 Å². The molecule has 0 amide bonds. The van der Waals surface area contributed by atoms with E-state index in [0.717, 1.165) is 58.5 Å². The summed E-state index contributed by atoms with van der Waals surface area (Å²) in [5.74, 6) is 0.227. The average molecular weight is 541 g/mol. The summed E-state index contributed by atoms with van der Waals surface area (Å²) in [4.78, 5) is 25.5. The third-order valence-corrected chi connectivity index (χ3v) is 11.6. The lowest BCUT2D eigenvalue weighted by atomic mass is 9.44. The monoisotopic (exact) mass is 540 g/mol. The van der Waals surface area contributed by atoms with E-state index in [-0.39, 0.29) is 17.4 Å². The molecule has 5 fully saturated rings. The van der Waals surface area contributed by atoms with Crippen molar-refractivity contribution in [1.82, 2.24) is 0 Å². The van der Waals surface area contributed by atoms with Gasteiger partial charge in [0.15, 0.2) is 18.2 Å². The average Bonchev–Trinajstić information content (AvgIpc) is 3.18. The number of esters is 1. The molecule has 4 aliphatic carbocycles. The number of methoxy groups -OCH3 is 1. The molecule has 0 unspecified atom stereocenters. The van der Waals surface area contributed by atoms with Gasteiger partial charge in [0, 0.05) is 5.41 Å². The number of carbonyl (C=O) groups excluding carboxylic acids is 2.